The zero-order chi connectivity index (χ0) is 37.8. The van der Waals surface area contributed by atoms with E-state index >= 15 is 0 Å². The molecule has 0 radical (unpaired) electrons. The van der Waals surface area contributed by atoms with Crippen LogP contribution in [0.4, 0.5) is 0 Å². The minimum absolute atomic E-state index is 0.237. The summed E-state index contributed by atoms with van der Waals surface area (Å²) < 4.78 is 16.5. The number of aliphatic carboxylic acids is 1. The van der Waals surface area contributed by atoms with E-state index in [1.807, 2.05) is 6.92 Å². The van der Waals surface area contributed by atoms with Gasteiger partial charge in [0.1, 0.15) is 35.4 Å². The standard InChI is InChI=1S/C33H58N4O11/c1-14-18(2)25(34-20(4)38)28(42)35-21(15-16-23(39)47-32(8,9)10)27(41)37-26(19(3)46-31(5,6)7)29(43)36-22(30(44)45)17-24(40)48-33(11,12)13/h18-19,21-22,25-26H,14-17H2,1-13H3,(H,34,38)(H,35,42)(H,36,43)(H,37,41)(H,44,45)/t18-,19+,21-,22-,25-,26-/m0/s1. The SMILES string of the molecule is CC[C@H](C)[C@H](NC(C)=O)C(=O)N[C@@H](CCC(=O)OC(C)(C)C)C(=O)N[C@H](C(=O)N[C@@H](CC(=O)OC(C)(C)C)C(=O)O)[C@@H](C)OC(C)(C)C. The summed E-state index contributed by atoms with van der Waals surface area (Å²) >= 11 is 0. The van der Waals surface area contributed by atoms with Crippen molar-refractivity contribution in [2.24, 2.45) is 5.92 Å². The second kappa shape index (κ2) is 18.7. The number of rotatable bonds is 17. The Kier molecular flexibility index (Phi) is 17.2. The smallest absolute Gasteiger partial charge is 0.326 e. The van der Waals surface area contributed by atoms with E-state index in [-0.39, 0.29) is 18.8 Å². The molecule has 0 aromatic heterocycles. The number of carboxylic acids is 1. The molecule has 6 atom stereocenters. The van der Waals surface area contributed by atoms with Gasteiger partial charge in [0.05, 0.1) is 18.1 Å². The molecular formula is C33H58N4O11. The fraction of sp³-hybridized carbons (Fsp3) is 0.788. The molecule has 0 aromatic carbocycles. The minimum Gasteiger partial charge on any atom is -0.480 e. The van der Waals surface area contributed by atoms with Gasteiger partial charge in [-0.2, -0.15) is 0 Å². The van der Waals surface area contributed by atoms with Crippen LogP contribution in [0, 0.1) is 5.92 Å². The predicted molar refractivity (Wildman–Crippen MR) is 176 cm³/mol. The van der Waals surface area contributed by atoms with Gasteiger partial charge in [-0.1, -0.05) is 20.3 Å². The molecule has 15 nitrogen and oxygen atoms in total. The van der Waals surface area contributed by atoms with E-state index in [1.165, 1.54) is 13.8 Å². The van der Waals surface area contributed by atoms with Gasteiger partial charge in [-0.15, -0.1) is 0 Å². The van der Waals surface area contributed by atoms with Crippen molar-refractivity contribution >= 4 is 41.5 Å². The van der Waals surface area contributed by atoms with Gasteiger partial charge in [-0.05, 0) is 81.6 Å². The molecule has 0 saturated heterocycles. The summed E-state index contributed by atoms with van der Waals surface area (Å²) in [6.07, 6.45) is -1.74. The van der Waals surface area contributed by atoms with Gasteiger partial charge in [-0.25, -0.2) is 4.79 Å². The van der Waals surface area contributed by atoms with Gasteiger partial charge >= 0.3 is 17.9 Å². The number of hydrogen-bond donors (Lipinski definition) is 5. The van der Waals surface area contributed by atoms with Crippen LogP contribution in [0.5, 0.6) is 0 Å². The number of amides is 4. The number of carboxylic acid groups (broad SMARTS) is 1. The molecule has 4 amide bonds. The third kappa shape index (κ3) is 18.6. The lowest BCUT2D eigenvalue weighted by Gasteiger charge is -2.32. The van der Waals surface area contributed by atoms with Gasteiger partial charge in [0, 0.05) is 13.3 Å². The van der Waals surface area contributed by atoms with Gasteiger partial charge in [-0.3, -0.25) is 28.8 Å². The van der Waals surface area contributed by atoms with Gasteiger partial charge < -0.3 is 40.6 Å². The van der Waals surface area contributed by atoms with E-state index in [0.717, 1.165) is 0 Å². The van der Waals surface area contributed by atoms with Crippen molar-refractivity contribution in [3.8, 4) is 0 Å². The van der Waals surface area contributed by atoms with E-state index in [4.69, 9.17) is 14.2 Å². The van der Waals surface area contributed by atoms with E-state index in [2.05, 4.69) is 21.3 Å². The van der Waals surface area contributed by atoms with Crippen LogP contribution in [0.3, 0.4) is 0 Å². The molecule has 0 unspecified atom stereocenters. The first-order valence-corrected chi connectivity index (χ1v) is 16.2. The number of esters is 2. The first kappa shape index (κ1) is 44.2. The van der Waals surface area contributed by atoms with Crippen LogP contribution in [-0.2, 0) is 47.8 Å². The summed E-state index contributed by atoms with van der Waals surface area (Å²) in [5.41, 5.74) is -2.52. The van der Waals surface area contributed by atoms with Crippen LogP contribution in [0.15, 0.2) is 0 Å². The van der Waals surface area contributed by atoms with Crippen LogP contribution < -0.4 is 21.3 Å². The fourth-order valence-electron chi connectivity index (χ4n) is 4.39. The molecule has 0 fully saturated rings. The Morgan fingerprint density at radius 1 is 0.646 bits per heavy atom. The number of ether oxygens (including phenoxy) is 3. The highest BCUT2D eigenvalue weighted by Gasteiger charge is 2.37. The van der Waals surface area contributed by atoms with Crippen molar-refractivity contribution in [1.29, 1.82) is 0 Å². The molecule has 0 heterocycles. The Morgan fingerprint density at radius 2 is 1.12 bits per heavy atom. The molecule has 0 aliphatic carbocycles. The van der Waals surface area contributed by atoms with Crippen LogP contribution in [-0.4, -0.2) is 93.7 Å². The number of carbonyl (C=O) groups excluding carboxylic acids is 6. The summed E-state index contributed by atoms with van der Waals surface area (Å²) in [6, 6.07) is -5.61. The minimum atomic E-state index is -1.70. The molecule has 48 heavy (non-hydrogen) atoms. The predicted octanol–water partition coefficient (Wildman–Crippen LogP) is 2.13. The summed E-state index contributed by atoms with van der Waals surface area (Å²) in [7, 11) is 0. The summed E-state index contributed by atoms with van der Waals surface area (Å²) in [5, 5.41) is 19.8. The van der Waals surface area contributed by atoms with Crippen LogP contribution >= 0.6 is 0 Å². The Labute approximate surface area is 284 Å². The van der Waals surface area contributed by atoms with Crippen molar-refractivity contribution < 1.29 is 52.9 Å². The zero-order valence-corrected chi connectivity index (χ0v) is 30.8. The fourth-order valence-corrected chi connectivity index (χ4v) is 4.39. The molecule has 0 aromatic rings. The molecule has 0 bridgehead atoms. The van der Waals surface area contributed by atoms with E-state index in [9.17, 15) is 38.7 Å². The van der Waals surface area contributed by atoms with Crippen molar-refractivity contribution in [3.05, 3.63) is 0 Å². The van der Waals surface area contributed by atoms with Gasteiger partial charge in [0.25, 0.3) is 0 Å². The van der Waals surface area contributed by atoms with Gasteiger partial charge in [0.15, 0.2) is 0 Å². The molecular weight excluding hydrogens is 628 g/mol. The summed E-state index contributed by atoms with van der Waals surface area (Å²) in [4.78, 5) is 89.6. The Bertz CT molecular complexity index is 1150. The first-order chi connectivity index (χ1) is 21.7. The summed E-state index contributed by atoms with van der Waals surface area (Å²) in [5.74, 6) is -6.36. The van der Waals surface area contributed by atoms with Crippen LogP contribution in [0.2, 0.25) is 0 Å². The molecule has 5 N–H and O–H groups in total. The molecule has 15 heteroatoms. The molecule has 0 spiro atoms. The van der Waals surface area contributed by atoms with Gasteiger partial charge in [0.2, 0.25) is 23.6 Å². The number of hydrogen-bond acceptors (Lipinski definition) is 10. The lowest BCUT2D eigenvalue weighted by molar-refractivity contribution is -0.159. The normalized spacial score (nSPS) is 15.8. The number of carbonyl (C=O) groups is 7. The second-order valence-electron chi connectivity index (χ2n) is 14.9. The average Bonchev–Trinajstić information content (AvgIpc) is 2.88. The lowest BCUT2D eigenvalue weighted by Crippen LogP contribution is -2.61. The average molecular weight is 687 g/mol. The lowest BCUT2D eigenvalue weighted by atomic mass is 9.97. The van der Waals surface area contributed by atoms with Crippen molar-refractivity contribution in [2.45, 2.75) is 163 Å². The highest BCUT2D eigenvalue weighted by molar-refractivity contribution is 5.96. The molecule has 0 rings (SSSR count). The van der Waals surface area contributed by atoms with Crippen LogP contribution in [0.1, 0.15) is 116 Å². The molecule has 0 aliphatic heterocycles. The largest absolute Gasteiger partial charge is 0.480 e. The number of nitrogens with one attached hydrogen (secondary N) is 4. The highest BCUT2D eigenvalue weighted by atomic mass is 16.6. The van der Waals surface area contributed by atoms with Crippen molar-refractivity contribution in [1.82, 2.24) is 21.3 Å². The topological polar surface area (TPSA) is 216 Å². The van der Waals surface area contributed by atoms with Crippen LogP contribution in [0.25, 0.3) is 0 Å². The van der Waals surface area contributed by atoms with Crippen molar-refractivity contribution in [2.75, 3.05) is 0 Å². The maximum absolute atomic E-state index is 13.8. The van der Waals surface area contributed by atoms with E-state index < -0.39 is 95.0 Å². The van der Waals surface area contributed by atoms with E-state index in [1.54, 1.807) is 69.2 Å². The third-order valence-electron chi connectivity index (χ3n) is 6.54. The van der Waals surface area contributed by atoms with Crippen molar-refractivity contribution in [3.63, 3.8) is 0 Å². The first-order valence-electron chi connectivity index (χ1n) is 16.2. The molecule has 276 valence electrons. The third-order valence-corrected chi connectivity index (χ3v) is 6.54. The Hall–Kier alpha value is -3.75. The Balaban J connectivity index is 6.48. The Morgan fingerprint density at radius 3 is 1.56 bits per heavy atom. The summed E-state index contributed by atoms with van der Waals surface area (Å²) in [6.45, 7) is 21.3. The maximum atomic E-state index is 13.8. The highest BCUT2D eigenvalue weighted by Crippen LogP contribution is 2.16. The quantitative estimate of drug-likeness (QED) is 0.140. The maximum Gasteiger partial charge on any atom is 0.326 e. The monoisotopic (exact) mass is 686 g/mol. The zero-order valence-electron chi connectivity index (χ0n) is 30.8. The molecule has 0 saturated carbocycles. The van der Waals surface area contributed by atoms with E-state index in [0.29, 0.717) is 6.42 Å². The second-order valence-corrected chi connectivity index (χ2v) is 14.9. The molecule has 0 aliphatic rings.